The van der Waals surface area contributed by atoms with Gasteiger partial charge in [-0.3, -0.25) is 0 Å². The number of esters is 2. The number of hydrogen-bond donors (Lipinski definition) is 2. The fourth-order valence-electron chi connectivity index (χ4n) is 7.57. The van der Waals surface area contributed by atoms with Crippen molar-refractivity contribution in [2.24, 2.45) is 29.6 Å². The van der Waals surface area contributed by atoms with E-state index in [2.05, 4.69) is 4.98 Å². The zero-order valence-corrected chi connectivity index (χ0v) is 25.7. The number of rotatable bonds is 6. The van der Waals surface area contributed by atoms with Gasteiger partial charge in [-0.25, -0.2) is 14.4 Å². The van der Waals surface area contributed by atoms with E-state index in [0.717, 1.165) is 5.57 Å². The minimum absolute atomic E-state index is 0.220. The molecule has 2 N–H and O–H groups in total. The lowest BCUT2D eigenvalue weighted by atomic mass is 9.57. The van der Waals surface area contributed by atoms with E-state index in [1.54, 1.807) is 39.1 Å². The molecule has 1 saturated carbocycles. The van der Waals surface area contributed by atoms with Crippen molar-refractivity contribution >= 4 is 18.1 Å². The van der Waals surface area contributed by atoms with E-state index in [0.29, 0.717) is 5.69 Å². The zero-order valence-electron chi connectivity index (χ0n) is 25.7. The maximum absolute atomic E-state index is 13.5. The van der Waals surface area contributed by atoms with Crippen LogP contribution in [0.2, 0.25) is 0 Å². The highest BCUT2D eigenvalue weighted by atomic mass is 16.7. The van der Waals surface area contributed by atoms with Crippen LogP contribution in [0.15, 0.2) is 42.1 Å². The number of hydrogen-bond acceptors (Lipinski definition) is 10. The van der Waals surface area contributed by atoms with Crippen LogP contribution in [0.3, 0.4) is 0 Å². The van der Waals surface area contributed by atoms with E-state index in [9.17, 15) is 19.5 Å². The number of ether oxygens (including phenoxy) is 6. The van der Waals surface area contributed by atoms with Crippen LogP contribution in [0, 0.1) is 29.6 Å². The van der Waals surface area contributed by atoms with Crippen molar-refractivity contribution in [1.82, 2.24) is 4.98 Å². The number of carbonyl (C=O) groups is 3. The van der Waals surface area contributed by atoms with Gasteiger partial charge in [0.1, 0.15) is 35.7 Å². The summed E-state index contributed by atoms with van der Waals surface area (Å²) >= 11 is 0. The Hall–Kier alpha value is -3.15. The second-order valence-corrected chi connectivity index (χ2v) is 12.6. The van der Waals surface area contributed by atoms with Gasteiger partial charge in [0.05, 0.1) is 12.2 Å². The molecule has 4 bridgehead atoms. The van der Waals surface area contributed by atoms with Crippen LogP contribution < -0.4 is 0 Å². The Bertz CT molecular complexity index is 1260. The third-order valence-electron chi connectivity index (χ3n) is 9.54. The third kappa shape index (κ3) is 5.51. The Balaban J connectivity index is 1.52. The van der Waals surface area contributed by atoms with Crippen molar-refractivity contribution in [3.63, 3.8) is 0 Å². The first kappa shape index (κ1) is 31.3. The zero-order chi connectivity index (χ0) is 31.2. The minimum atomic E-state index is -1.00. The van der Waals surface area contributed by atoms with E-state index in [1.165, 1.54) is 7.11 Å². The van der Waals surface area contributed by atoms with Gasteiger partial charge in [0.15, 0.2) is 6.10 Å². The quantitative estimate of drug-likeness (QED) is 0.279. The summed E-state index contributed by atoms with van der Waals surface area (Å²) < 4.78 is 35.2. The lowest BCUT2D eigenvalue weighted by Crippen LogP contribution is -2.57. The molecule has 1 spiro atoms. The molecule has 2 fully saturated rings. The van der Waals surface area contributed by atoms with Gasteiger partial charge in [0.25, 0.3) is 0 Å². The topological polar surface area (TPSA) is 143 Å². The lowest BCUT2D eigenvalue weighted by molar-refractivity contribution is -0.173. The minimum Gasteiger partial charge on any atom is -0.456 e. The first-order chi connectivity index (χ1) is 20.4. The number of aromatic nitrogens is 1. The standard InChI is InChI=1S/C32H43NO10/c1-15(2)39-31(37)40-19(6)26-16(3)13-17(4)32-20(14-23(38-7)30(36)41-26)10-11-21-24(32)25(34)18(5)27(28(21)43-32)42-29(35)22-9-8-12-33-22/h8-13,15-16,18-21,23-28,33-34H,14H2,1-7H3/b17-13+/t16-,18-,19-,20-,21-,23+,24+,25-,26+,27-,28-,32+/m1/s1. The van der Waals surface area contributed by atoms with Crippen molar-refractivity contribution in [3.8, 4) is 0 Å². The predicted molar refractivity (Wildman–Crippen MR) is 153 cm³/mol. The van der Waals surface area contributed by atoms with Crippen molar-refractivity contribution < 1.29 is 47.9 Å². The summed E-state index contributed by atoms with van der Waals surface area (Å²) in [6.45, 7) is 10.8. The average Bonchev–Trinajstić information content (AvgIpc) is 3.54. The van der Waals surface area contributed by atoms with Crippen LogP contribution in [0.25, 0.3) is 0 Å². The third-order valence-corrected chi connectivity index (χ3v) is 9.54. The van der Waals surface area contributed by atoms with Gasteiger partial charge in [-0.15, -0.1) is 0 Å². The molecular weight excluding hydrogens is 558 g/mol. The molecule has 11 nitrogen and oxygen atoms in total. The smallest absolute Gasteiger partial charge is 0.456 e. The fourth-order valence-corrected chi connectivity index (χ4v) is 7.57. The molecule has 11 heteroatoms. The number of aliphatic hydroxyl groups excluding tert-OH is 1. The number of methoxy groups -OCH3 is 1. The van der Waals surface area contributed by atoms with Crippen molar-refractivity contribution in [3.05, 3.63) is 47.8 Å². The molecular formula is C32H43NO10. The fraction of sp³-hybridized carbons (Fsp3) is 0.656. The monoisotopic (exact) mass is 601 g/mol. The first-order valence-corrected chi connectivity index (χ1v) is 15.1. The molecule has 43 heavy (non-hydrogen) atoms. The van der Waals surface area contributed by atoms with Crippen LogP contribution in [-0.4, -0.2) is 83.6 Å². The second-order valence-electron chi connectivity index (χ2n) is 12.6. The average molecular weight is 602 g/mol. The summed E-state index contributed by atoms with van der Waals surface area (Å²) in [6, 6.07) is 3.36. The van der Waals surface area contributed by atoms with Gasteiger partial charge in [-0.05, 0) is 51.8 Å². The molecule has 1 saturated heterocycles. The number of aliphatic hydroxyl groups is 1. The maximum atomic E-state index is 13.5. The maximum Gasteiger partial charge on any atom is 0.508 e. The largest absolute Gasteiger partial charge is 0.508 e. The van der Waals surface area contributed by atoms with Crippen LogP contribution in [0.1, 0.15) is 58.5 Å². The summed E-state index contributed by atoms with van der Waals surface area (Å²) in [5.74, 6) is -2.84. The normalized spacial score (nSPS) is 40.5. The van der Waals surface area contributed by atoms with E-state index < -0.39 is 72.2 Å². The Labute approximate surface area is 251 Å². The molecule has 5 rings (SSSR count). The molecule has 1 aromatic heterocycles. The van der Waals surface area contributed by atoms with Crippen LogP contribution in [0.5, 0.6) is 0 Å². The molecule has 0 radical (unpaired) electrons. The summed E-state index contributed by atoms with van der Waals surface area (Å²) in [4.78, 5) is 41.6. The number of H-pyrrole nitrogens is 1. The van der Waals surface area contributed by atoms with Gasteiger partial charge in [-0.1, -0.05) is 32.1 Å². The van der Waals surface area contributed by atoms with Gasteiger partial charge in [-0.2, -0.15) is 0 Å². The molecule has 12 atom stereocenters. The van der Waals surface area contributed by atoms with Crippen LogP contribution in [0.4, 0.5) is 4.79 Å². The molecule has 3 heterocycles. The molecule has 0 amide bonds. The molecule has 0 unspecified atom stereocenters. The van der Waals surface area contributed by atoms with E-state index in [1.807, 2.05) is 39.0 Å². The summed E-state index contributed by atoms with van der Waals surface area (Å²) in [5.41, 5.74) is 0.171. The van der Waals surface area contributed by atoms with Crippen LogP contribution in [-0.2, 0) is 33.2 Å². The molecule has 1 aromatic rings. The van der Waals surface area contributed by atoms with Gasteiger partial charge in [0.2, 0.25) is 0 Å². The molecule has 0 aromatic carbocycles. The highest BCUT2D eigenvalue weighted by molar-refractivity contribution is 5.87. The van der Waals surface area contributed by atoms with Crippen molar-refractivity contribution in [1.29, 1.82) is 0 Å². The van der Waals surface area contributed by atoms with Crippen molar-refractivity contribution in [2.45, 2.75) is 96.3 Å². The van der Waals surface area contributed by atoms with E-state index in [4.69, 9.17) is 28.4 Å². The summed E-state index contributed by atoms with van der Waals surface area (Å²) in [7, 11) is 1.45. The summed E-state index contributed by atoms with van der Waals surface area (Å²) in [6.07, 6.45) is 1.98. The Morgan fingerprint density at radius 2 is 1.91 bits per heavy atom. The van der Waals surface area contributed by atoms with Gasteiger partial charge < -0.3 is 38.5 Å². The number of aromatic amines is 1. The van der Waals surface area contributed by atoms with E-state index >= 15 is 0 Å². The highest BCUT2D eigenvalue weighted by Crippen LogP contribution is 2.61. The van der Waals surface area contributed by atoms with Crippen LogP contribution >= 0.6 is 0 Å². The highest BCUT2D eigenvalue weighted by Gasteiger charge is 2.69. The lowest BCUT2D eigenvalue weighted by Gasteiger charge is -2.48. The Kier molecular flexibility index (Phi) is 8.79. The number of cyclic esters (lactones) is 1. The Morgan fingerprint density at radius 1 is 1.16 bits per heavy atom. The second kappa shape index (κ2) is 12.1. The van der Waals surface area contributed by atoms with E-state index in [-0.39, 0.29) is 30.3 Å². The molecule has 2 aliphatic heterocycles. The SMILES string of the molecule is CO[C@H]1C[C@H]2C=C[C@H]3[C@H]4O[C@]2(/C(C)=C/[C@@H](C)[C@@H]([C@@H](C)OC(=O)OC(C)C)OC1=O)[C@@H]3[C@H](O)[C@@H](C)[C@H]4OC(=O)c1ccc[nH]1. The molecule has 236 valence electrons. The van der Waals surface area contributed by atoms with Gasteiger partial charge >= 0.3 is 18.1 Å². The molecule has 4 aliphatic rings. The predicted octanol–water partition coefficient (Wildman–Crippen LogP) is 3.97. The Morgan fingerprint density at radius 3 is 2.56 bits per heavy atom. The van der Waals surface area contributed by atoms with Crippen molar-refractivity contribution in [2.75, 3.05) is 7.11 Å². The van der Waals surface area contributed by atoms with Gasteiger partial charge in [0, 0.05) is 42.9 Å². The first-order valence-electron chi connectivity index (χ1n) is 15.1. The number of carbonyl (C=O) groups excluding carboxylic acids is 3. The molecule has 2 aliphatic carbocycles. The summed E-state index contributed by atoms with van der Waals surface area (Å²) in [5, 5.41) is 11.8. The number of nitrogens with one attached hydrogen (secondary N) is 1.